The van der Waals surface area contributed by atoms with Crippen LogP contribution in [0.4, 0.5) is 0 Å². The van der Waals surface area contributed by atoms with Crippen molar-refractivity contribution in [2.24, 2.45) is 11.8 Å². The molecule has 0 saturated heterocycles. The molecular weight excluding hydrogens is 162 g/mol. The van der Waals surface area contributed by atoms with E-state index < -0.39 is 0 Å². The minimum Gasteiger partial charge on any atom is -0.392 e. The standard InChI is InChI=1S/C9H21NO.C2H6/c1-7(2)8(3)9(11)6-10(4)5;1-2/h7-9,11H,6H2,1-5H3;1-2H3. The van der Waals surface area contributed by atoms with Gasteiger partial charge in [-0.15, -0.1) is 0 Å². The van der Waals surface area contributed by atoms with Gasteiger partial charge >= 0.3 is 0 Å². The van der Waals surface area contributed by atoms with E-state index in [2.05, 4.69) is 20.8 Å². The minimum atomic E-state index is -0.190. The van der Waals surface area contributed by atoms with Gasteiger partial charge < -0.3 is 10.0 Å². The molecule has 82 valence electrons. The molecule has 0 heterocycles. The number of aliphatic hydroxyl groups is 1. The fraction of sp³-hybridized carbons (Fsp3) is 1.00. The number of hydrogen-bond acceptors (Lipinski definition) is 2. The predicted molar refractivity (Wildman–Crippen MR) is 59.9 cm³/mol. The zero-order valence-corrected chi connectivity index (χ0v) is 10.3. The number of aliphatic hydroxyl groups excluding tert-OH is 1. The second kappa shape index (κ2) is 8.52. The summed E-state index contributed by atoms with van der Waals surface area (Å²) in [5.74, 6) is 0.947. The van der Waals surface area contributed by atoms with Crippen molar-refractivity contribution < 1.29 is 5.11 Å². The molecule has 0 aromatic rings. The smallest absolute Gasteiger partial charge is 0.0694 e. The van der Waals surface area contributed by atoms with Crippen molar-refractivity contribution in [1.82, 2.24) is 4.90 Å². The van der Waals surface area contributed by atoms with E-state index in [-0.39, 0.29) is 6.10 Å². The minimum absolute atomic E-state index is 0.190. The lowest BCUT2D eigenvalue weighted by molar-refractivity contribution is 0.0668. The molecule has 0 bridgehead atoms. The molecule has 0 spiro atoms. The summed E-state index contributed by atoms with van der Waals surface area (Å²) in [6.07, 6.45) is -0.190. The largest absolute Gasteiger partial charge is 0.392 e. The van der Waals surface area contributed by atoms with Crippen LogP contribution < -0.4 is 0 Å². The first-order valence-electron chi connectivity index (χ1n) is 5.28. The summed E-state index contributed by atoms with van der Waals surface area (Å²) in [6.45, 7) is 11.1. The lowest BCUT2D eigenvalue weighted by atomic mass is 9.92. The molecule has 0 saturated carbocycles. The van der Waals surface area contributed by atoms with Crippen LogP contribution in [-0.4, -0.2) is 36.8 Å². The third kappa shape index (κ3) is 8.26. The molecule has 0 aliphatic heterocycles. The van der Waals surface area contributed by atoms with Gasteiger partial charge in [0.2, 0.25) is 0 Å². The number of hydrogen-bond donors (Lipinski definition) is 1. The van der Waals surface area contributed by atoms with Gasteiger partial charge in [0.15, 0.2) is 0 Å². The van der Waals surface area contributed by atoms with Crippen molar-refractivity contribution in [3.63, 3.8) is 0 Å². The van der Waals surface area contributed by atoms with E-state index in [1.807, 2.05) is 32.8 Å². The SMILES string of the molecule is CC.CC(C)C(C)C(O)CN(C)C. The van der Waals surface area contributed by atoms with Crippen LogP contribution >= 0.6 is 0 Å². The molecule has 0 aromatic carbocycles. The van der Waals surface area contributed by atoms with Gasteiger partial charge in [-0.2, -0.15) is 0 Å². The highest BCUT2D eigenvalue weighted by atomic mass is 16.3. The summed E-state index contributed by atoms with van der Waals surface area (Å²) >= 11 is 0. The van der Waals surface area contributed by atoms with Crippen LogP contribution in [0.2, 0.25) is 0 Å². The van der Waals surface area contributed by atoms with Crippen molar-refractivity contribution in [2.45, 2.75) is 40.7 Å². The van der Waals surface area contributed by atoms with Gasteiger partial charge in [0.25, 0.3) is 0 Å². The Labute approximate surface area is 83.9 Å². The molecule has 13 heavy (non-hydrogen) atoms. The topological polar surface area (TPSA) is 23.5 Å². The Morgan fingerprint density at radius 1 is 1.08 bits per heavy atom. The highest BCUT2D eigenvalue weighted by molar-refractivity contribution is 4.69. The monoisotopic (exact) mass is 189 g/mol. The Kier molecular flexibility index (Phi) is 10.1. The number of rotatable bonds is 4. The van der Waals surface area contributed by atoms with Gasteiger partial charge in [-0.1, -0.05) is 34.6 Å². The first kappa shape index (κ1) is 15.4. The molecular formula is C11H27NO. The third-order valence-electron chi connectivity index (χ3n) is 2.21. The second-order valence-electron chi connectivity index (χ2n) is 3.93. The fourth-order valence-electron chi connectivity index (χ4n) is 0.985. The lowest BCUT2D eigenvalue weighted by Gasteiger charge is -2.24. The van der Waals surface area contributed by atoms with E-state index >= 15 is 0 Å². The molecule has 2 heteroatoms. The van der Waals surface area contributed by atoms with E-state index in [0.717, 1.165) is 6.54 Å². The van der Waals surface area contributed by atoms with Crippen molar-refractivity contribution in [3.05, 3.63) is 0 Å². The van der Waals surface area contributed by atoms with Gasteiger partial charge in [0.05, 0.1) is 6.10 Å². The van der Waals surface area contributed by atoms with Crippen LogP contribution in [0.1, 0.15) is 34.6 Å². The molecule has 2 nitrogen and oxygen atoms in total. The fourth-order valence-corrected chi connectivity index (χ4v) is 0.985. The summed E-state index contributed by atoms with van der Waals surface area (Å²) in [4.78, 5) is 2.02. The van der Waals surface area contributed by atoms with Crippen LogP contribution in [0.15, 0.2) is 0 Å². The highest BCUT2D eigenvalue weighted by Gasteiger charge is 2.17. The third-order valence-corrected chi connectivity index (χ3v) is 2.21. The average Bonchev–Trinajstić information content (AvgIpc) is 2.05. The summed E-state index contributed by atoms with van der Waals surface area (Å²) in [7, 11) is 3.96. The van der Waals surface area contributed by atoms with E-state index in [9.17, 15) is 5.11 Å². The number of likely N-dealkylation sites (N-methyl/N-ethyl adjacent to an activating group) is 1. The summed E-state index contributed by atoms with van der Waals surface area (Å²) in [6, 6.07) is 0. The zero-order valence-electron chi connectivity index (χ0n) is 10.3. The van der Waals surface area contributed by atoms with Gasteiger partial charge in [0.1, 0.15) is 0 Å². The molecule has 2 unspecified atom stereocenters. The van der Waals surface area contributed by atoms with Crippen LogP contribution in [-0.2, 0) is 0 Å². The Morgan fingerprint density at radius 3 is 1.69 bits per heavy atom. The van der Waals surface area contributed by atoms with Gasteiger partial charge in [-0.3, -0.25) is 0 Å². The summed E-state index contributed by atoms with van der Waals surface area (Å²) < 4.78 is 0. The van der Waals surface area contributed by atoms with E-state index in [1.165, 1.54) is 0 Å². The Morgan fingerprint density at radius 2 is 1.46 bits per heavy atom. The molecule has 0 fully saturated rings. The Balaban J connectivity index is 0. The maximum Gasteiger partial charge on any atom is 0.0694 e. The first-order chi connectivity index (χ1) is 5.95. The van der Waals surface area contributed by atoms with Crippen LogP contribution in [0, 0.1) is 11.8 Å². The van der Waals surface area contributed by atoms with Crippen LogP contribution in [0.5, 0.6) is 0 Å². The lowest BCUT2D eigenvalue weighted by Crippen LogP contribution is -2.33. The van der Waals surface area contributed by atoms with Crippen molar-refractivity contribution >= 4 is 0 Å². The molecule has 1 N–H and O–H groups in total. The quantitative estimate of drug-likeness (QED) is 0.733. The van der Waals surface area contributed by atoms with Gasteiger partial charge in [-0.05, 0) is 25.9 Å². The average molecular weight is 189 g/mol. The van der Waals surface area contributed by atoms with E-state index in [4.69, 9.17) is 0 Å². The maximum absolute atomic E-state index is 9.62. The van der Waals surface area contributed by atoms with Crippen molar-refractivity contribution in [1.29, 1.82) is 0 Å². The number of nitrogens with zero attached hydrogens (tertiary/aromatic N) is 1. The van der Waals surface area contributed by atoms with Crippen molar-refractivity contribution in [2.75, 3.05) is 20.6 Å². The predicted octanol–water partition coefficient (Wildman–Crippen LogP) is 2.23. The molecule has 0 rings (SSSR count). The molecule has 0 aliphatic carbocycles. The molecule has 0 aromatic heterocycles. The second-order valence-corrected chi connectivity index (χ2v) is 3.93. The molecule has 2 atom stereocenters. The normalized spacial score (nSPS) is 15.2. The zero-order chi connectivity index (χ0) is 11.0. The first-order valence-corrected chi connectivity index (χ1v) is 5.28. The summed E-state index contributed by atoms with van der Waals surface area (Å²) in [5.41, 5.74) is 0. The van der Waals surface area contributed by atoms with Gasteiger partial charge in [0, 0.05) is 6.54 Å². The molecule has 0 amide bonds. The van der Waals surface area contributed by atoms with E-state index in [0.29, 0.717) is 11.8 Å². The molecule has 0 radical (unpaired) electrons. The van der Waals surface area contributed by atoms with Crippen LogP contribution in [0.25, 0.3) is 0 Å². The Bertz CT molecular complexity index is 102. The van der Waals surface area contributed by atoms with Crippen LogP contribution in [0.3, 0.4) is 0 Å². The highest BCUT2D eigenvalue weighted by Crippen LogP contribution is 2.14. The molecule has 0 aliphatic rings. The van der Waals surface area contributed by atoms with Crippen molar-refractivity contribution in [3.8, 4) is 0 Å². The van der Waals surface area contributed by atoms with Gasteiger partial charge in [-0.25, -0.2) is 0 Å². The maximum atomic E-state index is 9.62. The summed E-state index contributed by atoms with van der Waals surface area (Å²) in [5, 5.41) is 9.62. The van der Waals surface area contributed by atoms with E-state index in [1.54, 1.807) is 0 Å². The Hall–Kier alpha value is -0.0800.